The van der Waals surface area contributed by atoms with Gasteiger partial charge in [-0.15, -0.1) is 0 Å². The summed E-state index contributed by atoms with van der Waals surface area (Å²) < 4.78 is 17.4. The van der Waals surface area contributed by atoms with Crippen LogP contribution in [0.1, 0.15) is 28.8 Å². The van der Waals surface area contributed by atoms with Crippen LogP contribution in [0.3, 0.4) is 0 Å². The fraction of sp³-hybridized carbons (Fsp3) is 0.321. The summed E-state index contributed by atoms with van der Waals surface area (Å²) in [5.74, 6) is 0.541. The van der Waals surface area contributed by atoms with Gasteiger partial charge in [0, 0.05) is 57.0 Å². The van der Waals surface area contributed by atoms with Crippen LogP contribution in [-0.4, -0.2) is 57.1 Å². The smallest absolute Gasteiger partial charge is 0.253 e. The van der Waals surface area contributed by atoms with E-state index < -0.39 is 5.79 Å². The van der Waals surface area contributed by atoms with Crippen molar-refractivity contribution in [1.82, 2.24) is 10.3 Å². The van der Waals surface area contributed by atoms with Crippen molar-refractivity contribution in [3.63, 3.8) is 0 Å². The lowest BCUT2D eigenvalue weighted by atomic mass is 10.0. The van der Waals surface area contributed by atoms with Crippen LogP contribution in [0.2, 0.25) is 0 Å². The summed E-state index contributed by atoms with van der Waals surface area (Å²) in [6.45, 7) is 2.99. The lowest BCUT2D eigenvalue weighted by Gasteiger charge is -2.38. The standard InChI is InChI=1S/C28H30N6O4/c1-30-27(35)21-5-3-4-6-22(21)32-24-16-26(31-18-19(24)17-29)33-23-8-7-20(15-25(23)36-2)34-11-9-28(10-12-34)37-13-14-38-28/h3-8,15-16,18H,9-14H2,1-2H3,(H,30,35)(H2,31,32,33). The number of hydrogen-bond donors (Lipinski definition) is 3. The first kappa shape index (κ1) is 25.3. The molecular formula is C28H30N6O4. The summed E-state index contributed by atoms with van der Waals surface area (Å²) in [7, 11) is 3.21. The first-order valence-electron chi connectivity index (χ1n) is 12.5. The average Bonchev–Trinajstić information content (AvgIpc) is 3.41. The van der Waals surface area contributed by atoms with Crippen molar-refractivity contribution in [3.05, 3.63) is 65.9 Å². The van der Waals surface area contributed by atoms with Crippen LogP contribution in [0.5, 0.6) is 5.75 Å². The topological polar surface area (TPSA) is 121 Å². The van der Waals surface area contributed by atoms with E-state index in [0.717, 1.165) is 37.3 Å². The molecule has 2 fully saturated rings. The lowest BCUT2D eigenvalue weighted by molar-refractivity contribution is -0.169. The SMILES string of the molecule is CNC(=O)c1ccccc1Nc1cc(Nc2ccc(N3CCC4(CC3)OCCO4)cc2OC)ncc1C#N. The van der Waals surface area contributed by atoms with Crippen molar-refractivity contribution in [2.24, 2.45) is 0 Å². The van der Waals surface area contributed by atoms with E-state index >= 15 is 0 Å². The van der Waals surface area contributed by atoms with Crippen LogP contribution in [0.4, 0.5) is 28.6 Å². The Balaban J connectivity index is 1.35. The highest BCUT2D eigenvalue weighted by Crippen LogP contribution is 2.37. The summed E-state index contributed by atoms with van der Waals surface area (Å²) in [6.07, 6.45) is 3.14. The van der Waals surface area contributed by atoms with Crippen LogP contribution in [0, 0.1) is 11.3 Å². The molecule has 38 heavy (non-hydrogen) atoms. The maximum atomic E-state index is 12.3. The van der Waals surface area contributed by atoms with E-state index in [-0.39, 0.29) is 5.91 Å². The van der Waals surface area contributed by atoms with E-state index in [9.17, 15) is 10.1 Å². The third kappa shape index (κ3) is 5.20. The monoisotopic (exact) mass is 514 g/mol. The Labute approximate surface area is 221 Å². The minimum absolute atomic E-state index is 0.226. The van der Waals surface area contributed by atoms with Crippen LogP contribution < -0.4 is 25.6 Å². The van der Waals surface area contributed by atoms with Crippen LogP contribution in [0.15, 0.2) is 54.7 Å². The molecule has 196 valence electrons. The number of carbonyl (C=O) groups excluding carboxylic acids is 1. The highest BCUT2D eigenvalue weighted by Gasteiger charge is 2.39. The number of anilines is 5. The normalized spacial score (nSPS) is 16.1. The van der Waals surface area contributed by atoms with E-state index in [1.165, 1.54) is 6.20 Å². The van der Waals surface area contributed by atoms with Crippen molar-refractivity contribution in [1.29, 1.82) is 5.26 Å². The molecule has 1 amide bonds. The number of para-hydroxylation sites is 1. The molecule has 0 saturated carbocycles. The summed E-state index contributed by atoms with van der Waals surface area (Å²) >= 11 is 0. The fourth-order valence-electron chi connectivity index (χ4n) is 4.80. The van der Waals surface area contributed by atoms with Crippen molar-refractivity contribution >= 4 is 34.5 Å². The molecule has 2 saturated heterocycles. The van der Waals surface area contributed by atoms with Crippen LogP contribution >= 0.6 is 0 Å². The summed E-state index contributed by atoms with van der Waals surface area (Å²) in [6, 6.07) is 17.0. The van der Waals surface area contributed by atoms with Crippen molar-refractivity contribution < 1.29 is 19.0 Å². The second kappa shape index (κ2) is 11.0. The molecule has 10 nitrogen and oxygen atoms in total. The van der Waals surface area contributed by atoms with E-state index in [1.54, 1.807) is 38.4 Å². The van der Waals surface area contributed by atoms with Gasteiger partial charge < -0.3 is 35.1 Å². The highest BCUT2D eigenvalue weighted by atomic mass is 16.7. The predicted molar refractivity (Wildman–Crippen MR) is 144 cm³/mol. The van der Waals surface area contributed by atoms with E-state index in [1.807, 2.05) is 24.3 Å². The summed E-state index contributed by atoms with van der Waals surface area (Å²) in [5, 5.41) is 18.8. The zero-order valence-electron chi connectivity index (χ0n) is 21.4. The molecule has 0 atom stereocenters. The highest BCUT2D eigenvalue weighted by molar-refractivity contribution is 6.00. The minimum Gasteiger partial charge on any atom is -0.494 e. The second-order valence-corrected chi connectivity index (χ2v) is 9.08. The number of rotatable bonds is 7. The van der Waals surface area contributed by atoms with Gasteiger partial charge in [0.05, 0.1) is 48.5 Å². The van der Waals surface area contributed by atoms with Gasteiger partial charge in [-0.25, -0.2) is 4.98 Å². The van der Waals surface area contributed by atoms with Crippen LogP contribution in [0.25, 0.3) is 0 Å². The first-order chi connectivity index (χ1) is 18.5. The van der Waals surface area contributed by atoms with Gasteiger partial charge in [-0.1, -0.05) is 12.1 Å². The van der Waals surface area contributed by atoms with Gasteiger partial charge in [0.15, 0.2) is 5.79 Å². The maximum absolute atomic E-state index is 12.3. The Morgan fingerprint density at radius 1 is 1.05 bits per heavy atom. The molecule has 3 aromatic rings. The number of nitrogens with one attached hydrogen (secondary N) is 3. The zero-order valence-corrected chi connectivity index (χ0v) is 21.4. The molecule has 1 aromatic heterocycles. The van der Waals surface area contributed by atoms with Crippen molar-refractivity contribution in [2.75, 3.05) is 56.0 Å². The van der Waals surface area contributed by atoms with Gasteiger partial charge in [0.1, 0.15) is 17.6 Å². The quantitative estimate of drug-likeness (QED) is 0.427. The van der Waals surface area contributed by atoms with E-state index in [0.29, 0.717) is 47.3 Å². The molecule has 0 bridgehead atoms. The number of pyridine rings is 1. The molecule has 0 radical (unpaired) electrons. The first-order valence-corrected chi connectivity index (χ1v) is 12.5. The maximum Gasteiger partial charge on any atom is 0.253 e. The number of ether oxygens (including phenoxy) is 3. The second-order valence-electron chi connectivity index (χ2n) is 9.08. The van der Waals surface area contributed by atoms with E-state index in [4.69, 9.17) is 14.2 Å². The number of methoxy groups -OCH3 is 1. The largest absolute Gasteiger partial charge is 0.494 e. The minimum atomic E-state index is -0.421. The molecular weight excluding hydrogens is 484 g/mol. The fourth-order valence-corrected chi connectivity index (χ4v) is 4.80. The number of nitriles is 1. The Morgan fingerprint density at radius 2 is 1.82 bits per heavy atom. The summed E-state index contributed by atoms with van der Waals surface area (Å²) in [5.41, 5.74) is 3.72. The van der Waals surface area contributed by atoms with Crippen molar-refractivity contribution in [2.45, 2.75) is 18.6 Å². The van der Waals surface area contributed by atoms with Crippen molar-refractivity contribution in [3.8, 4) is 11.8 Å². The molecule has 2 aromatic carbocycles. The van der Waals surface area contributed by atoms with Gasteiger partial charge in [0.2, 0.25) is 0 Å². The lowest BCUT2D eigenvalue weighted by Crippen LogP contribution is -2.45. The molecule has 0 unspecified atom stereocenters. The molecule has 0 aliphatic carbocycles. The van der Waals surface area contributed by atoms with Crippen LogP contribution in [-0.2, 0) is 9.47 Å². The molecule has 2 aliphatic rings. The number of piperidine rings is 1. The van der Waals surface area contributed by atoms with Gasteiger partial charge in [0.25, 0.3) is 5.91 Å². The van der Waals surface area contributed by atoms with Gasteiger partial charge in [-0.05, 0) is 24.3 Å². The Hall–Kier alpha value is -4.33. The van der Waals surface area contributed by atoms with Gasteiger partial charge in [-0.2, -0.15) is 5.26 Å². The number of benzene rings is 2. The molecule has 1 spiro atoms. The molecule has 3 heterocycles. The Kier molecular flexibility index (Phi) is 7.31. The van der Waals surface area contributed by atoms with Gasteiger partial charge >= 0.3 is 0 Å². The van der Waals surface area contributed by atoms with E-state index in [2.05, 4.69) is 31.9 Å². The third-order valence-electron chi connectivity index (χ3n) is 6.84. The molecule has 3 N–H and O–H groups in total. The number of nitrogens with zero attached hydrogens (tertiary/aromatic N) is 3. The number of aromatic nitrogens is 1. The molecule has 5 rings (SSSR count). The number of hydrogen-bond acceptors (Lipinski definition) is 9. The zero-order chi connectivity index (χ0) is 26.5. The van der Waals surface area contributed by atoms with Gasteiger partial charge in [-0.3, -0.25) is 4.79 Å². The Morgan fingerprint density at radius 3 is 2.53 bits per heavy atom. The average molecular weight is 515 g/mol. The molecule has 2 aliphatic heterocycles. The number of carbonyl (C=O) groups is 1. The Bertz CT molecular complexity index is 1360. The summed E-state index contributed by atoms with van der Waals surface area (Å²) in [4.78, 5) is 19.0. The number of amides is 1. The molecule has 10 heteroatoms. The predicted octanol–water partition coefficient (Wildman–Crippen LogP) is 4.15. The third-order valence-corrected chi connectivity index (χ3v) is 6.84.